The number of ether oxygens (including phenoxy) is 1. The Balaban J connectivity index is 1.45. The Labute approximate surface area is 181 Å². The summed E-state index contributed by atoms with van der Waals surface area (Å²) in [5.41, 5.74) is 7.20. The van der Waals surface area contributed by atoms with Crippen LogP contribution in [0.3, 0.4) is 0 Å². The second-order valence-electron chi connectivity index (χ2n) is 11.0. The molecule has 0 spiro atoms. The van der Waals surface area contributed by atoms with Gasteiger partial charge in [0.1, 0.15) is 5.75 Å². The highest BCUT2D eigenvalue weighted by molar-refractivity contribution is 5.83. The highest BCUT2D eigenvalue weighted by Crippen LogP contribution is 2.62. The van der Waals surface area contributed by atoms with Gasteiger partial charge in [0.25, 0.3) is 6.73 Å². The first-order valence-electron chi connectivity index (χ1n) is 12.0. The molecule has 5 aliphatic rings. The predicted octanol–water partition coefficient (Wildman–Crippen LogP) is 6.70. The van der Waals surface area contributed by atoms with Crippen LogP contribution in [0.25, 0.3) is 0 Å². The standard InChI is InChI=1S/C28H34NO/c1-18(2)24-6-4-5-7-26(24)29-16-23-8-19(3)9-25(27(23)30-17-29)28-13-20-10-21(14-28)12-22(11-20)15-28/h4-9,16,18,20-22H,10-15,17H2,1-3H3/q+1. The van der Waals surface area contributed by atoms with Gasteiger partial charge in [-0.25, -0.2) is 0 Å². The molecule has 0 amide bonds. The topological polar surface area (TPSA) is 12.2 Å². The molecular formula is C28H34NO+. The van der Waals surface area contributed by atoms with Crippen LogP contribution < -0.4 is 4.74 Å². The van der Waals surface area contributed by atoms with Crippen molar-refractivity contribution in [2.45, 2.75) is 70.6 Å². The molecule has 156 valence electrons. The van der Waals surface area contributed by atoms with Gasteiger partial charge in [0.05, 0.1) is 5.56 Å². The van der Waals surface area contributed by atoms with Crippen LogP contribution in [0.15, 0.2) is 36.4 Å². The summed E-state index contributed by atoms with van der Waals surface area (Å²) in [5.74, 6) is 4.54. The van der Waals surface area contributed by atoms with E-state index in [9.17, 15) is 0 Å². The summed E-state index contributed by atoms with van der Waals surface area (Å²) in [5, 5.41) is 0. The minimum atomic E-state index is 0.372. The highest BCUT2D eigenvalue weighted by atomic mass is 16.5. The molecule has 2 nitrogen and oxygen atoms in total. The van der Waals surface area contributed by atoms with Crippen LogP contribution in [0.1, 0.15) is 80.5 Å². The normalized spacial score (nSPS) is 31.5. The Hall–Kier alpha value is -2.09. The van der Waals surface area contributed by atoms with Gasteiger partial charge in [-0.05, 0) is 86.2 Å². The minimum Gasteiger partial charge on any atom is -0.435 e. The van der Waals surface area contributed by atoms with E-state index in [4.69, 9.17) is 4.74 Å². The molecule has 0 saturated heterocycles. The van der Waals surface area contributed by atoms with Crippen molar-refractivity contribution in [1.29, 1.82) is 0 Å². The summed E-state index contributed by atoms with van der Waals surface area (Å²) >= 11 is 0. The Morgan fingerprint density at radius 3 is 2.30 bits per heavy atom. The van der Waals surface area contributed by atoms with Crippen molar-refractivity contribution < 1.29 is 9.31 Å². The molecule has 0 atom stereocenters. The second kappa shape index (κ2) is 6.70. The van der Waals surface area contributed by atoms with E-state index in [1.807, 2.05) is 0 Å². The number of aryl methyl sites for hydroxylation is 1. The molecule has 2 aromatic carbocycles. The molecule has 4 fully saturated rings. The maximum Gasteiger partial charge on any atom is 0.292 e. The van der Waals surface area contributed by atoms with Gasteiger partial charge >= 0.3 is 0 Å². The van der Waals surface area contributed by atoms with Crippen LogP contribution >= 0.6 is 0 Å². The summed E-state index contributed by atoms with van der Waals surface area (Å²) in [6, 6.07) is 13.6. The molecule has 0 aromatic heterocycles. The molecule has 0 N–H and O–H groups in total. The Bertz CT molecular complexity index is 996. The zero-order valence-electron chi connectivity index (χ0n) is 18.7. The Kier molecular flexibility index (Phi) is 4.17. The van der Waals surface area contributed by atoms with Crippen molar-refractivity contribution in [3.8, 4) is 5.75 Å². The van der Waals surface area contributed by atoms with Gasteiger partial charge in [-0.3, -0.25) is 0 Å². The van der Waals surface area contributed by atoms with Gasteiger partial charge in [0.2, 0.25) is 5.69 Å². The van der Waals surface area contributed by atoms with Crippen LogP contribution in [0.2, 0.25) is 0 Å². The third kappa shape index (κ3) is 2.87. The van der Waals surface area contributed by atoms with Gasteiger partial charge in [0.15, 0.2) is 6.21 Å². The zero-order chi connectivity index (χ0) is 20.5. The summed E-state index contributed by atoms with van der Waals surface area (Å²) in [7, 11) is 0. The molecule has 0 unspecified atom stereocenters. The Morgan fingerprint density at radius 2 is 1.63 bits per heavy atom. The van der Waals surface area contributed by atoms with E-state index >= 15 is 0 Å². The fraction of sp³-hybridized carbons (Fsp3) is 0.536. The molecule has 2 aromatic rings. The van der Waals surface area contributed by atoms with Gasteiger partial charge < -0.3 is 4.74 Å². The smallest absolute Gasteiger partial charge is 0.292 e. The van der Waals surface area contributed by atoms with E-state index in [2.05, 4.69) is 68.0 Å². The molecule has 4 saturated carbocycles. The fourth-order valence-electron chi connectivity index (χ4n) is 7.61. The zero-order valence-corrected chi connectivity index (χ0v) is 18.7. The van der Waals surface area contributed by atoms with Gasteiger partial charge in [-0.2, -0.15) is 4.58 Å². The highest BCUT2D eigenvalue weighted by Gasteiger charge is 2.53. The number of hydrogen-bond donors (Lipinski definition) is 0. The third-order valence-corrected chi connectivity index (χ3v) is 8.38. The SMILES string of the molecule is Cc1cc2c(c(C34CC5CC(CC(C5)C3)C4)c1)OC[N+](c1ccccc1C(C)C)=C2. The van der Waals surface area contributed by atoms with Crippen molar-refractivity contribution in [1.82, 2.24) is 0 Å². The van der Waals surface area contributed by atoms with E-state index in [0.717, 1.165) is 17.8 Å². The lowest BCUT2D eigenvalue weighted by Gasteiger charge is -2.57. The second-order valence-corrected chi connectivity index (χ2v) is 11.0. The summed E-state index contributed by atoms with van der Waals surface area (Å²) in [6.07, 6.45) is 11.0. The van der Waals surface area contributed by atoms with Gasteiger partial charge in [-0.1, -0.05) is 38.1 Å². The van der Waals surface area contributed by atoms with E-state index in [1.165, 1.54) is 72.2 Å². The summed E-state index contributed by atoms with van der Waals surface area (Å²) in [6.45, 7) is 7.41. The van der Waals surface area contributed by atoms with Crippen molar-refractivity contribution in [2.24, 2.45) is 17.8 Å². The first-order chi connectivity index (χ1) is 14.5. The summed E-state index contributed by atoms with van der Waals surface area (Å²) < 4.78 is 8.90. The lowest BCUT2D eigenvalue weighted by Crippen LogP contribution is -2.49. The molecule has 4 bridgehead atoms. The van der Waals surface area contributed by atoms with E-state index in [1.54, 1.807) is 0 Å². The van der Waals surface area contributed by atoms with Crippen molar-refractivity contribution in [3.63, 3.8) is 0 Å². The Morgan fingerprint density at radius 1 is 0.967 bits per heavy atom. The number of para-hydroxylation sites is 1. The lowest BCUT2D eigenvalue weighted by atomic mass is 9.48. The number of hydrogen-bond acceptors (Lipinski definition) is 1. The van der Waals surface area contributed by atoms with E-state index < -0.39 is 0 Å². The van der Waals surface area contributed by atoms with Crippen LogP contribution in [0.4, 0.5) is 5.69 Å². The van der Waals surface area contributed by atoms with Gasteiger partial charge in [-0.15, -0.1) is 0 Å². The summed E-state index contributed by atoms with van der Waals surface area (Å²) in [4.78, 5) is 0. The monoisotopic (exact) mass is 400 g/mol. The number of nitrogens with zero attached hydrogens (tertiary/aromatic N) is 1. The maximum atomic E-state index is 6.60. The van der Waals surface area contributed by atoms with Crippen molar-refractivity contribution in [2.75, 3.05) is 6.73 Å². The van der Waals surface area contributed by atoms with Gasteiger partial charge in [0, 0.05) is 17.2 Å². The molecule has 0 radical (unpaired) electrons. The number of fused-ring (bicyclic) bond motifs is 1. The first-order valence-corrected chi connectivity index (χ1v) is 12.0. The van der Waals surface area contributed by atoms with Crippen LogP contribution in [0.5, 0.6) is 5.75 Å². The van der Waals surface area contributed by atoms with E-state index in [-0.39, 0.29) is 0 Å². The maximum absolute atomic E-state index is 6.60. The predicted molar refractivity (Wildman–Crippen MR) is 122 cm³/mol. The number of benzene rings is 2. The molecule has 30 heavy (non-hydrogen) atoms. The van der Waals surface area contributed by atoms with Crippen LogP contribution in [-0.2, 0) is 5.41 Å². The molecule has 7 rings (SSSR count). The van der Waals surface area contributed by atoms with Crippen LogP contribution in [0, 0.1) is 24.7 Å². The molecule has 1 heterocycles. The minimum absolute atomic E-state index is 0.372. The van der Waals surface area contributed by atoms with Crippen molar-refractivity contribution >= 4 is 11.9 Å². The molecule has 4 aliphatic carbocycles. The van der Waals surface area contributed by atoms with Crippen molar-refractivity contribution in [3.05, 3.63) is 58.7 Å². The number of rotatable bonds is 3. The quantitative estimate of drug-likeness (QED) is 0.522. The van der Waals surface area contributed by atoms with Crippen LogP contribution in [-0.4, -0.2) is 17.5 Å². The van der Waals surface area contributed by atoms with E-state index in [0.29, 0.717) is 18.1 Å². The molecular weight excluding hydrogens is 366 g/mol. The fourth-order valence-corrected chi connectivity index (χ4v) is 7.61. The lowest BCUT2D eigenvalue weighted by molar-refractivity contribution is -0.476. The largest absolute Gasteiger partial charge is 0.435 e. The average molecular weight is 401 g/mol. The molecule has 1 aliphatic heterocycles. The average Bonchev–Trinajstić information content (AvgIpc) is 2.71. The first kappa shape index (κ1) is 18.7. The third-order valence-electron chi connectivity index (χ3n) is 8.38. The molecule has 2 heteroatoms.